The van der Waals surface area contributed by atoms with Gasteiger partial charge in [-0.2, -0.15) is 0 Å². The van der Waals surface area contributed by atoms with Crippen molar-refractivity contribution in [1.29, 1.82) is 0 Å². The lowest BCUT2D eigenvalue weighted by Crippen LogP contribution is -3.61. The SMILES string of the molecule is CC(C)(C)c1ccc([I+]c2ccc(C(C)(C)C)cc2)cc1.O=[N+]([O-])c1cc([N+](=O)[O-])cc(S(=O)(=O)[O-])c1. The maximum Gasteiger partial charge on any atom is 0.357 e. The summed E-state index contributed by atoms with van der Waals surface area (Å²) in [6.45, 7) is 13.6. The molecule has 0 saturated heterocycles. The quantitative estimate of drug-likeness (QED) is 0.181. The average molecular weight is 640 g/mol. The van der Waals surface area contributed by atoms with Crippen LogP contribution in [-0.2, 0) is 20.9 Å². The average Bonchev–Trinajstić information content (AvgIpc) is 2.78. The first-order valence-electron chi connectivity index (χ1n) is 11.1. The second kappa shape index (κ2) is 11.7. The van der Waals surface area contributed by atoms with Crippen molar-refractivity contribution in [3.8, 4) is 0 Å². The summed E-state index contributed by atoms with van der Waals surface area (Å²) < 4.78 is 34.7. The first kappa shape index (κ1) is 30.3. The molecule has 0 spiro atoms. The fourth-order valence-electron chi connectivity index (χ4n) is 3.07. The molecular formula is C26H29IN2O7S. The van der Waals surface area contributed by atoms with Crippen LogP contribution in [-0.4, -0.2) is 22.8 Å². The predicted octanol–water partition coefficient (Wildman–Crippen LogP) is 2.82. The lowest BCUT2D eigenvalue weighted by atomic mass is 9.87. The molecule has 0 aliphatic carbocycles. The van der Waals surface area contributed by atoms with Gasteiger partial charge in [-0.25, -0.2) is 8.42 Å². The summed E-state index contributed by atoms with van der Waals surface area (Å²) in [6, 6.07) is 19.9. The number of benzene rings is 3. The summed E-state index contributed by atoms with van der Waals surface area (Å²) in [5.41, 5.74) is 1.65. The van der Waals surface area contributed by atoms with Crippen LogP contribution in [0, 0.1) is 27.4 Å². The molecule has 0 unspecified atom stereocenters. The smallest absolute Gasteiger partial charge is 0.357 e. The number of nitrogens with zero attached hydrogens (tertiary/aromatic N) is 2. The van der Waals surface area contributed by atoms with E-state index in [1.807, 2.05) is 0 Å². The van der Waals surface area contributed by atoms with Crippen LogP contribution >= 0.6 is 0 Å². The third-order valence-electron chi connectivity index (χ3n) is 5.23. The van der Waals surface area contributed by atoms with E-state index < -0.39 is 36.2 Å². The molecule has 11 heteroatoms. The van der Waals surface area contributed by atoms with Gasteiger partial charge < -0.3 is 4.55 Å². The highest BCUT2D eigenvalue weighted by atomic mass is 127. The first-order valence-corrected chi connectivity index (χ1v) is 14.7. The third-order valence-corrected chi connectivity index (χ3v) is 8.72. The molecule has 3 rings (SSSR count). The minimum Gasteiger partial charge on any atom is -0.744 e. The molecule has 0 aliphatic rings. The third kappa shape index (κ3) is 9.17. The highest BCUT2D eigenvalue weighted by molar-refractivity contribution is 7.85. The molecule has 0 radical (unpaired) electrons. The lowest BCUT2D eigenvalue weighted by molar-refractivity contribution is -0.597. The molecule has 0 fully saturated rings. The Balaban J connectivity index is 0.000000271. The summed E-state index contributed by atoms with van der Waals surface area (Å²) in [5, 5.41) is 20.7. The van der Waals surface area contributed by atoms with E-state index in [-0.39, 0.29) is 32.0 Å². The van der Waals surface area contributed by atoms with Gasteiger partial charge in [-0.3, -0.25) is 20.2 Å². The monoisotopic (exact) mass is 640 g/mol. The molecule has 0 aliphatic heterocycles. The van der Waals surface area contributed by atoms with E-state index in [0.29, 0.717) is 18.2 Å². The van der Waals surface area contributed by atoms with Gasteiger partial charge in [0.15, 0.2) is 7.14 Å². The van der Waals surface area contributed by atoms with E-state index in [4.69, 9.17) is 0 Å². The van der Waals surface area contributed by atoms with Crippen LogP contribution < -0.4 is 21.2 Å². The number of nitro benzene ring substituents is 2. The van der Waals surface area contributed by atoms with Gasteiger partial charge in [0.1, 0.15) is 10.1 Å². The Kier molecular flexibility index (Phi) is 9.55. The standard InChI is InChI=1S/C20H26I.C6H4N2O7S/c1-19(2,3)15-7-11-17(12-8-15)21-18-13-9-16(10-14-18)20(4,5)6;9-7(10)4-1-5(8(11)12)3-6(2-4)16(13,14)15/h7-14H,1-6H3;1-3H,(H,13,14,15)/q+1;/p-1. The van der Waals surface area contributed by atoms with E-state index in [9.17, 15) is 33.2 Å². The van der Waals surface area contributed by atoms with E-state index in [1.54, 1.807) is 0 Å². The summed E-state index contributed by atoms with van der Waals surface area (Å²) >= 11 is -0.0703. The fourth-order valence-corrected chi connectivity index (χ4v) is 5.76. The van der Waals surface area contributed by atoms with E-state index >= 15 is 0 Å². The zero-order valence-corrected chi connectivity index (χ0v) is 24.4. The molecule has 0 aromatic heterocycles. The van der Waals surface area contributed by atoms with Crippen LogP contribution in [0.2, 0.25) is 0 Å². The number of halogens is 1. The normalized spacial score (nSPS) is 11.9. The minimum atomic E-state index is -4.97. The number of rotatable bonds is 5. The lowest BCUT2D eigenvalue weighted by Gasteiger charge is -2.18. The number of nitro groups is 2. The van der Waals surface area contributed by atoms with Gasteiger partial charge in [0, 0.05) is 12.1 Å². The molecule has 0 atom stereocenters. The van der Waals surface area contributed by atoms with Crippen molar-refractivity contribution >= 4 is 21.5 Å². The second-order valence-corrected chi connectivity index (χ2v) is 14.7. The molecule has 37 heavy (non-hydrogen) atoms. The molecular weight excluding hydrogens is 611 g/mol. The first-order chi connectivity index (χ1) is 16.9. The zero-order valence-electron chi connectivity index (χ0n) is 21.4. The molecule has 0 saturated carbocycles. The Morgan fingerprint density at radius 1 is 0.649 bits per heavy atom. The van der Waals surface area contributed by atoms with Gasteiger partial charge in [-0.05, 0) is 46.2 Å². The van der Waals surface area contributed by atoms with Crippen molar-refractivity contribution in [1.82, 2.24) is 0 Å². The summed E-state index contributed by atoms with van der Waals surface area (Å²) in [7, 11) is -4.97. The van der Waals surface area contributed by atoms with Crippen molar-refractivity contribution in [2.45, 2.75) is 57.3 Å². The van der Waals surface area contributed by atoms with E-state index in [1.165, 1.54) is 18.3 Å². The molecule has 3 aromatic carbocycles. The van der Waals surface area contributed by atoms with Crippen LogP contribution in [0.5, 0.6) is 0 Å². The highest BCUT2D eigenvalue weighted by Crippen LogP contribution is 2.25. The van der Waals surface area contributed by atoms with Gasteiger partial charge in [0.25, 0.3) is 11.4 Å². The fraction of sp³-hybridized carbons (Fsp3) is 0.308. The molecule has 198 valence electrons. The number of hydrogen-bond donors (Lipinski definition) is 0. The van der Waals surface area contributed by atoms with Crippen LogP contribution in [0.15, 0.2) is 71.6 Å². The summed E-state index contributed by atoms with van der Waals surface area (Å²) in [6.07, 6.45) is 0. The summed E-state index contributed by atoms with van der Waals surface area (Å²) in [5.74, 6) is 0. The van der Waals surface area contributed by atoms with Crippen molar-refractivity contribution in [3.63, 3.8) is 0 Å². The Bertz CT molecular complexity index is 1290. The number of non-ortho nitro benzene ring substituents is 2. The van der Waals surface area contributed by atoms with Gasteiger partial charge in [-0.1, -0.05) is 65.8 Å². The zero-order chi connectivity index (χ0) is 28.2. The van der Waals surface area contributed by atoms with Crippen molar-refractivity contribution in [2.75, 3.05) is 0 Å². The van der Waals surface area contributed by atoms with Crippen LogP contribution in [0.4, 0.5) is 11.4 Å². The number of hydrogen-bond acceptors (Lipinski definition) is 7. The van der Waals surface area contributed by atoms with Crippen molar-refractivity contribution in [2.24, 2.45) is 0 Å². The van der Waals surface area contributed by atoms with Gasteiger partial charge in [0.2, 0.25) is 0 Å². The highest BCUT2D eigenvalue weighted by Gasteiger charge is 2.21. The van der Waals surface area contributed by atoms with E-state index in [0.717, 1.165) is 0 Å². The Morgan fingerprint density at radius 2 is 0.973 bits per heavy atom. The predicted molar refractivity (Wildman–Crippen MR) is 135 cm³/mol. The van der Waals surface area contributed by atoms with Gasteiger partial charge in [0.05, 0.1) is 20.8 Å². The Labute approximate surface area is 227 Å². The van der Waals surface area contributed by atoms with Crippen LogP contribution in [0.25, 0.3) is 0 Å². The molecule has 3 aromatic rings. The molecule has 9 nitrogen and oxygen atoms in total. The molecule has 0 bridgehead atoms. The molecule has 0 amide bonds. The Hall–Kier alpha value is -2.90. The molecule has 0 heterocycles. The maximum absolute atomic E-state index is 10.6. The van der Waals surface area contributed by atoms with Crippen LogP contribution in [0.3, 0.4) is 0 Å². The van der Waals surface area contributed by atoms with Crippen molar-refractivity contribution in [3.05, 3.63) is 105 Å². The molecule has 0 N–H and O–H groups in total. The minimum absolute atomic E-state index is 0.0703. The van der Waals surface area contributed by atoms with Crippen molar-refractivity contribution < 1.29 is 44.0 Å². The maximum atomic E-state index is 10.6. The summed E-state index contributed by atoms with van der Waals surface area (Å²) in [4.78, 5) is 17.6. The topological polar surface area (TPSA) is 143 Å². The van der Waals surface area contributed by atoms with Gasteiger partial charge >= 0.3 is 21.2 Å². The second-order valence-electron chi connectivity index (χ2n) is 10.3. The van der Waals surface area contributed by atoms with E-state index in [2.05, 4.69) is 90.1 Å². The largest absolute Gasteiger partial charge is 0.744 e. The van der Waals surface area contributed by atoms with Gasteiger partial charge in [-0.15, -0.1) is 0 Å². The Morgan fingerprint density at radius 3 is 1.22 bits per heavy atom. The van der Waals surface area contributed by atoms with Crippen LogP contribution in [0.1, 0.15) is 52.7 Å².